The van der Waals surface area contributed by atoms with Gasteiger partial charge in [-0.2, -0.15) is 0 Å². The summed E-state index contributed by atoms with van der Waals surface area (Å²) in [6.07, 6.45) is 4.94. The van der Waals surface area contributed by atoms with E-state index in [1.54, 1.807) is 0 Å². The van der Waals surface area contributed by atoms with Crippen LogP contribution < -0.4 is 0 Å². The van der Waals surface area contributed by atoms with Crippen LogP contribution >= 0.6 is 0 Å². The van der Waals surface area contributed by atoms with Gasteiger partial charge in [0, 0.05) is 0 Å². The Morgan fingerprint density at radius 1 is 0.476 bits per heavy atom. The van der Waals surface area contributed by atoms with Gasteiger partial charge in [-0.25, -0.2) is 0 Å². The van der Waals surface area contributed by atoms with E-state index in [9.17, 15) is 0 Å². The third-order valence-electron chi connectivity index (χ3n) is 4.28. The van der Waals surface area contributed by atoms with Gasteiger partial charge in [-0.05, 0) is 0 Å². The van der Waals surface area contributed by atoms with E-state index >= 15 is 0 Å². The summed E-state index contributed by atoms with van der Waals surface area (Å²) in [7, 11) is 9.48. The third-order valence-corrected chi connectivity index (χ3v) is 22.2. The molecule has 0 fully saturated rings. The Kier molecular flexibility index (Phi) is 11.7. The topological polar surface area (TPSA) is 13.0 Å². The first-order valence-corrected chi connectivity index (χ1v) is 15.2. The summed E-state index contributed by atoms with van der Waals surface area (Å²) >= 11 is -3.06. The van der Waals surface area contributed by atoms with Crippen LogP contribution in [0.5, 0.6) is 0 Å². The van der Waals surface area contributed by atoms with Gasteiger partial charge >= 0.3 is 140 Å². The van der Waals surface area contributed by atoms with Crippen LogP contribution in [0.25, 0.3) is 0 Å². The maximum absolute atomic E-state index is 3.06. The first-order valence-electron chi connectivity index (χ1n) is 8.78. The molecule has 21 heavy (non-hydrogen) atoms. The van der Waals surface area contributed by atoms with E-state index in [2.05, 4.69) is 67.4 Å². The number of nitrogens with zero attached hydrogens (tertiary/aromatic N) is 4. The molecular formula is C16H40HfN4. The Morgan fingerprint density at radius 2 is 0.667 bits per heavy atom. The molecule has 0 spiro atoms. The van der Waals surface area contributed by atoms with Crippen LogP contribution in [0.15, 0.2) is 0 Å². The molecule has 0 unspecified atom stereocenters. The summed E-state index contributed by atoms with van der Waals surface area (Å²) in [5.41, 5.74) is 0. The molecule has 0 aromatic heterocycles. The van der Waals surface area contributed by atoms with Gasteiger partial charge in [0.2, 0.25) is 0 Å². The van der Waals surface area contributed by atoms with Crippen molar-refractivity contribution in [2.24, 2.45) is 0 Å². The molecule has 128 valence electrons. The van der Waals surface area contributed by atoms with E-state index < -0.39 is 21.1 Å². The van der Waals surface area contributed by atoms with Gasteiger partial charge < -0.3 is 0 Å². The van der Waals surface area contributed by atoms with Crippen molar-refractivity contribution in [3.63, 3.8) is 0 Å². The predicted octanol–water partition coefficient (Wildman–Crippen LogP) is 3.17. The van der Waals surface area contributed by atoms with Crippen LogP contribution in [0.2, 0.25) is 0 Å². The van der Waals surface area contributed by atoms with E-state index in [1.807, 2.05) is 0 Å². The second-order valence-corrected chi connectivity index (χ2v) is 21.6. The van der Waals surface area contributed by atoms with Crippen LogP contribution in [0, 0.1) is 0 Å². The van der Waals surface area contributed by atoms with Crippen molar-refractivity contribution in [2.45, 2.75) is 53.4 Å². The van der Waals surface area contributed by atoms with Gasteiger partial charge in [0.1, 0.15) is 0 Å². The molecule has 0 N–H and O–H groups in total. The minimum atomic E-state index is -3.06. The number of hydrogen-bond acceptors (Lipinski definition) is 4. The standard InChI is InChI=1S/4C4H10N.Hf/c4*1-3-4-5-2;/h4*3-4H2,1-2H3;/q4*-1;+4. The molecule has 0 rings (SSSR count). The van der Waals surface area contributed by atoms with Crippen LogP contribution in [-0.4, -0.2) is 65.9 Å². The second kappa shape index (κ2) is 11.3. The summed E-state index contributed by atoms with van der Waals surface area (Å²) in [4.78, 5) is 0. The van der Waals surface area contributed by atoms with Crippen molar-refractivity contribution in [1.29, 1.82) is 0 Å². The Balaban J connectivity index is 5.67. The fourth-order valence-corrected chi connectivity index (χ4v) is 23.8. The van der Waals surface area contributed by atoms with Crippen molar-refractivity contribution in [2.75, 3.05) is 54.4 Å². The van der Waals surface area contributed by atoms with Crippen LogP contribution in [-0.2, 0) is 21.1 Å². The van der Waals surface area contributed by atoms with Gasteiger partial charge in [-0.15, -0.1) is 0 Å². The Morgan fingerprint density at radius 3 is 0.810 bits per heavy atom. The minimum absolute atomic E-state index is 1.21. The molecule has 0 atom stereocenters. The maximum atomic E-state index is 2.74. The molecule has 0 radical (unpaired) electrons. The zero-order valence-corrected chi connectivity index (χ0v) is 19.5. The Labute approximate surface area is 140 Å². The Hall–Kier alpha value is 0.710. The summed E-state index contributed by atoms with van der Waals surface area (Å²) < 4.78 is 11.0. The SMILES string of the molecule is CCC[N](C)[Hf]([N](C)CCC)([N](C)CCC)[N](C)CCC. The van der Waals surface area contributed by atoms with Gasteiger partial charge in [-0.1, -0.05) is 0 Å². The second-order valence-electron chi connectivity index (χ2n) is 6.29. The molecule has 0 saturated carbocycles. The first-order chi connectivity index (χ1) is 9.93. The third kappa shape index (κ3) is 5.38. The average Bonchev–Trinajstić information content (AvgIpc) is 2.40. The predicted molar refractivity (Wildman–Crippen MR) is 91.7 cm³/mol. The number of hydrogen-bond donors (Lipinski definition) is 0. The quantitative estimate of drug-likeness (QED) is 0.409. The molecule has 0 aliphatic heterocycles. The number of rotatable bonds is 12. The summed E-state index contributed by atoms with van der Waals surface area (Å²) in [5.74, 6) is 0. The van der Waals surface area contributed by atoms with Crippen molar-refractivity contribution in [3.05, 3.63) is 0 Å². The van der Waals surface area contributed by atoms with E-state index in [0.717, 1.165) is 0 Å². The summed E-state index contributed by atoms with van der Waals surface area (Å²) in [6.45, 7) is 14.0. The van der Waals surface area contributed by atoms with Gasteiger partial charge in [-0.3, -0.25) is 0 Å². The summed E-state index contributed by atoms with van der Waals surface area (Å²) in [6, 6.07) is 0. The molecule has 4 nitrogen and oxygen atoms in total. The van der Waals surface area contributed by atoms with E-state index in [4.69, 9.17) is 0 Å². The fraction of sp³-hybridized carbons (Fsp3) is 1.00. The normalized spacial score (nSPS) is 13.1. The van der Waals surface area contributed by atoms with Crippen LogP contribution in [0.4, 0.5) is 0 Å². The molecular weight excluding hydrogens is 427 g/mol. The Bertz CT molecular complexity index is 209. The molecule has 0 aliphatic rings. The van der Waals surface area contributed by atoms with Gasteiger partial charge in [0.05, 0.1) is 0 Å². The molecule has 0 aromatic rings. The molecule has 0 amide bonds. The molecule has 0 heterocycles. The molecule has 0 aromatic carbocycles. The van der Waals surface area contributed by atoms with Gasteiger partial charge in [0.15, 0.2) is 0 Å². The zero-order chi connectivity index (χ0) is 16.5. The molecule has 5 heteroatoms. The van der Waals surface area contributed by atoms with Crippen LogP contribution in [0.1, 0.15) is 53.4 Å². The first kappa shape index (κ1) is 21.7. The van der Waals surface area contributed by atoms with Crippen molar-refractivity contribution >= 4 is 0 Å². The molecule has 0 aliphatic carbocycles. The molecule has 0 saturated heterocycles. The van der Waals surface area contributed by atoms with Crippen molar-refractivity contribution in [3.8, 4) is 0 Å². The van der Waals surface area contributed by atoms with E-state index in [1.165, 1.54) is 51.9 Å². The van der Waals surface area contributed by atoms with Crippen molar-refractivity contribution in [1.82, 2.24) is 11.6 Å². The van der Waals surface area contributed by atoms with Gasteiger partial charge in [0.25, 0.3) is 0 Å². The van der Waals surface area contributed by atoms with E-state index in [-0.39, 0.29) is 0 Å². The average molecular weight is 467 g/mol. The van der Waals surface area contributed by atoms with Crippen molar-refractivity contribution < 1.29 is 21.1 Å². The monoisotopic (exact) mass is 468 g/mol. The van der Waals surface area contributed by atoms with E-state index in [0.29, 0.717) is 0 Å². The molecule has 0 bridgehead atoms. The van der Waals surface area contributed by atoms with Crippen LogP contribution in [0.3, 0.4) is 0 Å². The zero-order valence-electron chi connectivity index (χ0n) is 15.9. The summed E-state index contributed by atoms with van der Waals surface area (Å²) in [5, 5.41) is 0. The fourth-order valence-electron chi connectivity index (χ4n) is 3.69.